The second-order valence-corrected chi connectivity index (χ2v) is 81.8. The predicted molar refractivity (Wildman–Crippen MR) is 60.0 cm³/mol. The Morgan fingerprint density at radius 1 is 1.14 bits per heavy atom. The maximum atomic E-state index is 5.42. The first-order valence-electron chi connectivity index (χ1n) is 1.52. The minimum atomic E-state index is -1.90. The molecule has 0 amide bonds. The van der Waals surface area contributed by atoms with Gasteiger partial charge in [0.1, 0.15) is 0 Å². The van der Waals surface area contributed by atoms with E-state index in [1.54, 1.807) is 0 Å². The van der Waals surface area contributed by atoms with Gasteiger partial charge in [0.2, 0.25) is 0 Å². The number of hydrogen-bond acceptors (Lipinski definition) is 2. The summed E-state index contributed by atoms with van der Waals surface area (Å²) in [7, 11) is 0. The van der Waals surface area contributed by atoms with Crippen LogP contribution in [0, 0.1) is 0 Å². The van der Waals surface area contributed by atoms with Crippen LogP contribution in [-0.4, -0.2) is 10.7 Å². The van der Waals surface area contributed by atoms with Crippen LogP contribution in [0.15, 0.2) is 0 Å². The maximum absolute atomic E-state index is 5.42. The Kier molecular flexibility index (Phi) is 5.56. The molecular formula is CH5I3N2Sn. The average molecular weight is 544 g/mol. The van der Waals surface area contributed by atoms with Gasteiger partial charge in [-0.2, -0.15) is 0 Å². The molecule has 6 heteroatoms. The van der Waals surface area contributed by atoms with Crippen molar-refractivity contribution in [2.45, 2.75) is 4.18 Å². The summed E-state index contributed by atoms with van der Waals surface area (Å²) in [5.41, 5.74) is 10.8. The number of hydrogen-bond donors (Lipinski definition) is 2. The molecule has 4 N–H and O–H groups in total. The molecule has 0 aromatic heterocycles. The van der Waals surface area contributed by atoms with Gasteiger partial charge in [-0.3, -0.25) is 0 Å². The molecule has 0 atom stereocenters. The Labute approximate surface area is 76.0 Å². The van der Waals surface area contributed by atoms with Crippen LogP contribution >= 0.6 is 55.9 Å². The zero-order chi connectivity index (χ0) is 6.08. The molecular weight excluding hydrogens is 539 g/mol. The Morgan fingerprint density at radius 3 is 1.29 bits per heavy atom. The van der Waals surface area contributed by atoms with E-state index < -0.39 is 6.47 Å². The van der Waals surface area contributed by atoms with Crippen molar-refractivity contribution in [1.82, 2.24) is 0 Å². The monoisotopic (exact) mass is 546 g/mol. The van der Waals surface area contributed by atoms with E-state index in [9.17, 15) is 0 Å². The molecule has 44 valence electrons. The minimum absolute atomic E-state index is 0.0314. The number of halogens is 3. The second kappa shape index (κ2) is 3.93. The van der Waals surface area contributed by atoms with Gasteiger partial charge in [0.25, 0.3) is 0 Å². The summed E-state index contributed by atoms with van der Waals surface area (Å²) >= 11 is 7.20. The first-order chi connectivity index (χ1) is 2.94. The first-order valence-corrected chi connectivity index (χ1v) is 28.1. The van der Waals surface area contributed by atoms with E-state index in [-0.39, 0.29) is 4.18 Å². The zero-order valence-corrected chi connectivity index (χ0v) is 12.7. The van der Waals surface area contributed by atoms with Crippen LogP contribution in [-0.2, 0) is 0 Å². The van der Waals surface area contributed by atoms with Crippen molar-refractivity contribution in [3.8, 4) is 0 Å². The molecule has 0 fully saturated rings. The third-order valence-corrected chi connectivity index (χ3v) is 17.0. The van der Waals surface area contributed by atoms with E-state index in [2.05, 4.69) is 55.9 Å². The topological polar surface area (TPSA) is 52.0 Å². The van der Waals surface area contributed by atoms with Gasteiger partial charge in [-0.1, -0.05) is 0 Å². The SMILES string of the molecule is N[CH](N)[Sn]([I])([I])[I]. The van der Waals surface area contributed by atoms with Crippen molar-refractivity contribution in [3.05, 3.63) is 0 Å². The molecule has 0 aromatic rings. The van der Waals surface area contributed by atoms with Gasteiger partial charge in [-0.05, 0) is 0 Å². The van der Waals surface area contributed by atoms with Crippen LogP contribution < -0.4 is 11.5 Å². The number of rotatable bonds is 1. The Hall–Kier alpha value is 2.91. The van der Waals surface area contributed by atoms with E-state index in [1.807, 2.05) is 0 Å². The molecule has 2 nitrogen and oxygen atoms in total. The fourth-order valence-electron chi connectivity index (χ4n) is 0. The summed E-state index contributed by atoms with van der Waals surface area (Å²) in [6.45, 7) is -1.90. The van der Waals surface area contributed by atoms with Crippen LogP contribution in [0.2, 0.25) is 0 Å². The number of nitrogens with two attached hydrogens (primary N) is 2. The van der Waals surface area contributed by atoms with Gasteiger partial charge < -0.3 is 0 Å². The van der Waals surface area contributed by atoms with E-state index in [0.717, 1.165) is 0 Å². The third kappa shape index (κ3) is 5.36. The van der Waals surface area contributed by atoms with Gasteiger partial charge in [0.05, 0.1) is 0 Å². The Balaban J connectivity index is 3.54. The molecule has 0 radical (unpaired) electrons. The average Bonchev–Trinajstić information content (AvgIpc) is 1.31. The fraction of sp³-hybridized carbons (Fsp3) is 1.00. The first kappa shape index (κ1) is 9.91. The van der Waals surface area contributed by atoms with Gasteiger partial charge >= 0.3 is 78.0 Å². The zero-order valence-electron chi connectivity index (χ0n) is 3.37. The molecule has 0 aliphatic carbocycles. The normalized spacial score (nSPS) is 12.9. The van der Waals surface area contributed by atoms with Crippen molar-refractivity contribution in [2.75, 3.05) is 0 Å². The molecule has 0 spiro atoms. The summed E-state index contributed by atoms with van der Waals surface area (Å²) in [6, 6.07) is 0. The Bertz CT molecular complexity index is 58.4. The van der Waals surface area contributed by atoms with Gasteiger partial charge in [0.15, 0.2) is 0 Å². The molecule has 0 rings (SSSR count). The van der Waals surface area contributed by atoms with Crippen molar-refractivity contribution in [1.29, 1.82) is 0 Å². The van der Waals surface area contributed by atoms with Crippen molar-refractivity contribution >= 4 is 62.4 Å². The van der Waals surface area contributed by atoms with Crippen molar-refractivity contribution < 1.29 is 0 Å². The van der Waals surface area contributed by atoms with Crippen molar-refractivity contribution in [2.24, 2.45) is 11.5 Å². The van der Waals surface area contributed by atoms with Crippen LogP contribution in [0.5, 0.6) is 0 Å². The molecule has 7 heavy (non-hydrogen) atoms. The van der Waals surface area contributed by atoms with Crippen LogP contribution in [0.4, 0.5) is 0 Å². The fourth-order valence-corrected chi connectivity index (χ4v) is 0. The van der Waals surface area contributed by atoms with Crippen molar-refractivity contribution in [3.63, 3.8) is 0 Å². The molecule has 0 saturated heterocycles. The van der Waals surface area contributed by atoms with E-state index >= 15 is 0 Å². The molecule has 0 bridgehead atoms. The molecule has 0 aromatic carbocycles. The molecule has 0 aliphatic heterocycles. The standard InChI is InChI=1S/CH5N2.3HI.Sn/c2-1-3;;;;/h1H,2-3H2;3*1H;/q;;;;+3/p-3. The summed E-state index contributed by atoms with van der Waals surface area (Å²) < 4.78 is -0.0314. The van der Waals surface area contributed by atoms with Gasteiger partial charge in [-0.15, -0.1) is 0 Å². The second-order valence-electron chi connectivity index (χ2n) is 1.07. The van der Waals surface area contributed by atoms with E-state index in [0.29, 0.717) is 0 Å². The predicted octanol–water partition coefficient (Wildman–Crippen LogP) is 1.01. The summed E-state index contributed by atoms with van der Waals surface area (Å²) in [5, 5.41) is 0. The molecule has 0 aliphatic rings. The van der Waals surface area contributed by atoms with Gasteiger partial charge in [-0.25, -0.2) is 0 Å². The summed E-state index contributed by atoms with van der Waals surface area (Å²) in [4.78, 5) is 0. The molecule has 0 unspecified atom stereocenters. The van der Waals surface area contributed by atoms with Crippen LogP contribution in [0.3, 0.4) is 0 Å². The van der Waals surface area contributed by atoms with Crippen LogP contribution in [0.1, 0.15) is 0 Å². The summed E-state index contributed by atoms with van der Waals surface area (Å²) in [5.74, 6) is 0. The molecule has 0 saturated carbocycles. The molecule has 0 heterocycles. The van der Waals surface area contributed by atoms with E-state index in [4.69, 9.17) is 11.5 Å². The summed E-state index contributed by atoms with van der Waals surface area (Å²) in [6.07, 6.45) is 0. The van der Waals surface area contributed by atoms with E-state index in [1.165, 1.54) is 0 Å². The van der Waals surface area contributed by atoms with Crippen LogP contribution in [0.25, 0.3) is 0 Å². The Morgan fingerprint density at radius 2 is 1.29 bits per heavy atom. The third-order valence-electron chi connectivity index (χ3n) is 0.378. The quantitative estimate of drug-likeness (QED) is 0.294. The van der Waals surface area contributed by atoms with Gasteiger partial charge in [0, 0.05) is 0 Å².